The zero-order chi connectivity index (χ0) is 21.7. The highest BCUT2D eigenvalue weighted by molar-refractivity contribution is 7.96. The fraction of sp³-hybridized carbons (Fsp3) is 0.478. The Bertz CT molecular complexity index is 1160. The van der Waals surface area contributed by atoms with Crippen LogP contribution in [0, 0.1) is 0 Å². The van der Waals surface area contributed by atoms with Gasteiger partial charge in [0.1, 0.15) is 5.25 Å². The molecule has 2 aromatic rings. The average molecular weight is 462 g/mol. The largest absolute Gasteiger partial charge is 0.274 e. The molecule has 0 N–H and O–H groups in total. The molecule has 0 amide bonds. The highest BCUT2D eigenvalue weighted by Crippen LogP contribution is 2.57. The van der Waals surface area contributed by atoms with E-state index in [-0.39, 0.29) is 22.8 Å². The van der Waals surface area contributed by atoms with Gasteiger partial charge in [-0.3, -0.25) is 4.84 Å². The van der Waals surface area contributed by atoms with Crippen LogP contribution in [0.2, 0.25) is 0 Å². The van der Waals surface area contributed by atoms with Crippen LogP contribution in [-0.2, 0) is 24.5 Å². The number of nitrogens with zero attached hydrogens (tertiary/aromatic N) is 1. The van der Waals surface area contributed by atoms with Gasteiger partial charge in [-0.1, -0.05) is 62.1 Å². The SMILES string of the molecule is O=S(=O)(c1ccccc1)[C@@H]1CN2OC1(S(=O)(=O)c1ccccc1)CC21CCCCCC1. The molecule has 5 rings (SSSR count). The third-order valence-corrected chi connectivity index (χ3v) is 11.8. The third-order valence-electron chi connectivity index (χ3n) is 7.18. The Labute approximate surface area is 184 Å². The van der Waals surface area contributed by atoms with Crippen LogP contribution in [0.5, 0.6) is 0 Å². The lowest BCUT2D eigenvalue weighted by atomic mass is 9.82. The van der Waals surface area contributed by atoms with E-state index < -0.39 is 35.4 Å². The molecule has 1 aliphatic carbocycles. The summed E-state index contributed by atoms with van der Waals surface area (Å²) in [6.07, 6.45) is 6.07. The fourth-order valence-corrected chi connectivity index (χ4v) is 10.1. The van der Waals surface area contributed by atoms with Gasteiger partial charge in [-0.05, 0) is 37.1 Å². The number of hydrogen-bond donors (Lipinski definition) is 0. The summed E-state index contributed by atoms with van der Waals surface area (Å²) in [5.74, 6) is 0. The molecule has 2 saturated heterocycles. The van der Waals surface area contributed by atoms with Crippen molar-refractivity contribution < 1.29 is 21.7 Å². The van der Waals surface area contributed by atoms with E-state index >= 15 is 0 Å². The summed E-state index contributed by atoms with van der Waals surface area (Å²) in [5, 5.41) is 0.547. The number of fused-ring (bicyclic) bond motifs is 3. The van der Waals surface area contributed by atoms with Crippen molar-refractivity contribution in [1.82, 2.24) is 5.06 Å². The number of sulfone groups is 2. The maximum absolute atomic E-state index is 14.0. The first kappa shape index (κ1) is 21.1. The average Bonchev–Trinajstić information content (AvgIpc) is 3.24. The normalized spacial score (nSPS) is 30.3. The first-order valence-electron chi connectivity index (χ1n) is 10.9. The van der Waals surface area contributed by atoms with E-state index in [0.717, 1.165) is 38.5 Å². The van der Waals surface area contributed by atoms with E-state index in [4.69, 9.17) is 4.84 Å². The summed E-state index contributed by atoms with van der Waals surface area (Å²) in [5.41, 5.74) is -0.416. The van der Waals surface area contributed by atoms with Gasteiger partial charge in [0.2, 0.25) is 14.8 Å². The van der Waals surface area contributed by atoms with Crippen LogP contribution < -0.4 is 0 Å². The highest BCUT2D eigenvalue weighted by Gasteiger charge is 2.73. The lowest BCUT2D eigenvalue weighted by molar-refractivity contribution is -0.155. The van der Waals surface area contributed by atoms with Crippen LogP contribution in [0.4, 0.5) is 0 Å². The Kier molecular flexibility index (Phi) is 5.04. The minimum absolute atomic E-state index is 0.0727. The minimum atomic E-state index is -4.08. The van der Waals surface area contributed by atoms with Gasteiger partial charge in [-0.15, -0.1) is 0 Å². The van der Waals surface area contributed by atoms with Gasteiger partial charge in [0.05, 0.1) is 15.3 Å². The summed E-state index contributed by atoms with van der Waals surface area (Å²) < 4.78 is 55.3. The maximum Gasteiger partial charge on any atom is 0.214 e. The molecule has 2 bridgehead atoms. The molecule has 2 heterocycles. The van der Waals surface area contributed by atoms with Gasteiger partial charge >= 0.3 is 0 Å². The molecule has 1 spiro atoms. The summed E-state index contributed by atoms with van der Waals surface area (Å²) in [4.78, 5) is 4.64. The van der Waals surface area contributed by atoms with Crippen molar-refractivity contribution in [2.45, 2.75) is 70.5 Å². The number of benzene rings is 2. The Balaban J connectivity index is 1.66. The van der Waals surface area contributed by atoms with Gasteiger partial charge in [-0.25, -0.2) is 16.8 Å². The molecule has 3 fully saturated rings. The van der Waals surface area contributed by atoms with E-state index in [0.29, 0.717) is 0 Å². The molecule has 3 aliphatic rings. The van der Waals surface area contributed by atoms with E-state index in [1.165, 1.54) is 24.3 Å². The second kappa shape index (κ2) is 7.40. The van der Waals surface area contributed by atoms with E-state index in [1.54, 1.807) is 41.5 Å². The summed E-state index contributed by atoms with van der Waals surface area (Å²) in [7, 11) is -8.01. The molecular weight excluding hydrogens is 434 g/mol. The second-order valence-electron chi connectivity index (χ2n) is 8.94. The zero-order valence-electron chi connectivity index (χ0n) is 17.3. The molecule has 0 radical (unpaired) electrons. The van der Waals surface area contributed by atoms with Crippen molar-refractivity contribution in [3.05, 3.63) is 60.7 Å². The number of hydrogen-bond acceptors (Lipinski definition) is 6. The molecule has 31 heavy (non-hydrogen) atoms. The summed E-state index contributed by atoms with van der Waals surface area (Å²) >= 11 is 0. The van der Waals surface area contributed by atoms with Gasteiger partial charge in [0.15, 0.2) is 9.84 Å². The lowest BCUT2D eigenvalue weighted by Crippen LogP contribution is -2.57. The predicted octanol–water partition coefficient (Wildman–Crippen LogP) is 3.74. The lowest BCUT2D eigenvalue weighted by Gasteiger charge is -2.40. The van der Waals surface area contributed by atoms with E-state index in [9.17, 15) is 16.8 Å². The van der Waals surface area contributed by atoms with Crippen molar-refractivity contribution >= 4 is 19.7 Å². The van der Waals surface area contributed by atoms with Gasteiger partial charge in [0.25, 0.3) is 0 Å². The van der Waals surface area contributed by atoms with E-state index in [1.807, 2.05) is 0 Å². The van der Waals surface area contributed by atoms with Crippen molar-refractivity contribution in [2.75, 3.05) is 6.54 Å². The molecule has 2 aliphatic heterocycles. The smallest absolute Gasteiger partial charge is 0.214 e. The third kappa shape index (κ3) is 3.10. The first-order chi connectivity index (χ1) is 14.8. The van der Waals surface area contributed by atoms with Crippen LogP contribution >= 0.6 is 0 Å². The van der Waals surface area contributed by atoms with Crippen molar-refractivity contribution in [3.8, 4) is 0 Å². The molecule has 1 saturated carbocycles. The zero-order valence-corrected chi connectivity index (χ0v) is 18.9. The molecule has 3 atom stereocenters. The standard InChI is InChI=1S/C23H27NO5S2/c25-30(26,19-11-5-3-6-12-19)21-17-24-22(15-9-1-2-10-16-22)18-23(21,29-24)31(27,28)20-13-7-4-8-14-20/h3-8,11-14,21H,1-2,9-10,15-18H2/t21-,23?/m1/s1. The molecule has 2 aromatic carbocycles. The van der Waals surface area contributed by atoms with Crippen molar-refractivity contribution in [2.24, 2.45) is 0 Å². The molecule has 2 unspecified atom stereocenters. The summed E-state index contributed by atoms with van der Waals surface area (Å²) in [6.45, 7) is 0.0727. The predicted molar refractivity (Wildman–Crippen MR) is 117 cm³/mol. The van der Waals surface area contributed by atoms with Crippen LogP contribution in [0.15, 0.2) is 70.5 Å². The first-order valence-corrected chi connectivity index (χ1v) is 13.9. The van der Waals surface area contributed by atoms with Gasteiger partial charge in [0, 0.05) is 13.0 Å². The van der Waals surface area contributed by atoms with Crippen LogP contribution in [0.3, 0.4) is 0 Å². The maximum atomic E-state index is 14.0. The molecule has 0 aromatic heterocycles. The number of piperidine rings is 1. The van der Waals surface area contributed by atoms with Crippen molar-refractivity contribution in [1.29, 1.82) is 0 Å². The monoisotopic (exact) mass is 461 g/mol. The number of rotatable bonds is 4. The Hall–Kier alpha value is -1.74. The fourth-order valence-electron chi connectivity index (χ4n) is 5.59. The van der Waals surface area contributed by atoms with Gasteiger partial charge in [-0.2, -0.15) is 5.06 Å². The minimum Gasteiger partial charge on any atom is -0.274 e. The summed E-state index contributed by atoms with van der Waals surface area (Å²) in [6, 6.07) is 16.2. The second-order valence-corrected chi connectivity index (χ2v) is 13.2. The van der Waals surface area contributed by atoms with Crippen LogP contribution in [0.25, 0.3) is 0 Å². The highest BCUT2D eigenvalue weighted by atomic mass is 32.2. The number of hydroxylamine groups is 2. The Morgan fingerprint density at radius 2 is 1.32 bits per heavy atom. The topological polar surface area (TPSA) is 80.8 Å². The molecule has 8 heteroatoms. The quantitative estimate of drug-likeness (QED) is 0.690. The molecule has 166 valence electrons. The van der Waals surface area contributed by atoms with Crippen LogP contribution in [-0.4, -0.2) is 44.2 Å². The Morgan fingerprint density at radius 1 is 0.774 bits per heavy atom. The molecule has 6 nitrogen and oxygen atoms in total. The van der Waals surface area contributed by atoms with Crippen molar-refractivity contribution in [3.63, 3.8) is 0 Å². The van der Waals surface area contributed by atoms with Gasteiger partial charge < -0.3 is 0 Å². The Morgan fingerprint density at radius 3 is 1.90 bits per heavy atom. The van der Waals surface area contributed by atoms with Crippen LogP contribution in [0.1, 0.15) is 44.9 Å². The molecular formula is C23H27NO5S2. The van der Waals surface area contributed by atoms with E-state index in [2.05, 4.69) is 0 Å².